The Bertz CT molecular complexity index is 228. The lowest BCUT2D eigenvalue weighted by molar-refractivity contribution is 0.0771. The van der Waals surface area contributed by atoms with Gasteiger partial charge in [-0.05, 0) is 12.8 Å². The highest BCUT2D eigenvalue weighted by Gasteiger charge is 2.20. The van der Waals surface area contributed by atoms with Crippen LogP contribution in [0.1, 0.15) is 39.0 Å². The van der Waals surface area contributed by atoms with Crippen LogP contribution < -0.4 is 0 Å². The summed E-state index contributed by atoms with van der Waals surface area (Å²) in [7, 11) is -0.788. The molecule has 0 radical (unpaired) electrons. The van der Waals surface area contributed by atoms with Gasteiger partial charge < -0.3 is 4.84 Å². The Balaban J connectivity index is 2.15. The molecule has 3 nitrogen and oxygen atoms in total. The Hall–Kier alpha value is -0.380. The third-order valence-corrected chi connectivity index (χ3v) is 3.03. The maximum Gasteiger partial charge on any atom is 0.132 e. The number of nitrogens with zero attached hydrogens (tertiary/aromatic N) is 1. The smallest absolute Gasteiger partial charge is 0.132 e. The molecule has 0 bridgehead atoms. The van der Waals surface area contributed by atoms with E-state index < -0.39 is 10.8 Å². The predicted octanol–water partition coefficient (Wildman–Crippen LogP) is 2.09. The second-order valence-electron chi connectivity index (χ2n) is 3.80. The van der Waals surface area contributed by atoms with Crippen molar-refractivity contribution in [2.75, 3.05) is 12.0 Å². The molecular weight excluding hydrogens is 198 g/mol. The van der Waals surface area contributed by atoms with Crippen LogP contribution in [0.2, 0.25) is 0 Å². The van der Waals surface area contributed by atoms with Gasteiger partial charge in [-0.2, -0.15) is 0 Å². The van der Waals surface area contributed by atoms with Crippen molar-refractivity contribution in [3.8, 4) is 0 Å². The van der Waals surface area contributed by atoms with Crippen molar-refractivity contribution in [3.63, 3.8) is 0 Å². The summed E-state index contributed by atoms with van der Waals surface area (Å²) >= 11 is 0. The van der Waals surface area contributed by atoms with Gasteiger partial charge in [0.05, 0.1) is 11.5 Å². The maximum absolute atomic E-state index is 10.9. The van der Waals surface area contributed by atoms with Crippen molar-refractivity contribution >= 4 is 16.5 Å². The van der Waals surface area contributed by atoms with Crippen molar-refractivity contribution < 1.29 is 9.05 Å². The van der Waals surface area contributed by atoms with Crippen molar-refractivity contribution in [2.24, 2.45) is 5.16 Å². The second-order valence-corrected chi connectivity index (χ2v) is 5.24. The van der Waals surface area contributed by atoms with E-state index in [-0.39, 0.29) is 6.10 Å². The van der Waals surface area contributed by atoms with Crippen LogP contribution in [0.4, 0.5) is 0 Å². The molecule has 2 atom stereocenters. The van der Waals surface area contributed by atoms with Gasteiger partial charge in [0.1, 0.15) is 6.10 Å². The topological polar surface area (TPSA) is 38.7 Å². The van der Waals surface area contributed by atoms with Gasteiger partial charge in [-0.25, -0.2) is 0 Å². The van der Waals surface area contributed by atoms with Crippen LogP contribution >= 0.6 is 0 Å². The van der Waals surface area contributed by atoms with Crippen LogP contribution in [0.15, 0.2) is 5.16 Å². The summed E-state index contributed by atoms with van der Waals surface area (Å²) in [5, 5.41) is 3.96. The number of rotatable bonds is 6. The number of oxime groups is 1. The minimum atomic E-state index is -0.788. The largest absolute Gasteiger partial charge is 0.392 e. The molecule has 1 heterocycles. The van der Waals surface area contributed by atoms with Gasteiger partial charge in [-0.3, -0.25) is 4.21 Å². The molecule has 0 aromatic rings. The molecule has 0 aromatic heterocycles. The molecule has 0 saturated heterocycles. The van der Waals surface area contributed by atoms with Gasteiger partial charge in [0.2, 0.25) is 0 Å². The molecule has 2 unspecified atom stereocenters. The number of hydrogen-bond donors (Lipinski definition) is 0. The lowest BCUT2D eigenvalue weighted by Crippen LogP contribution is -2.12. The van der Waals surface area contributed by atoms with Crippen molar-refractivity contribution in [2.45, 2.75) is 45.1 Å². The molecule has 14 heavy (non-hydrogen) atoms. The second kappa shape index (κ2) is 6.17. The predicted molar refractivity (Wildman–Crippen MR) is 60.0 cm³/mol. The third-order valence-electron chi connectivity index (χ3n) is 2.29. The normalized spacial score (nSPS) is 23.0. The van der Waals surface area contributed by atoms with Gasteiger partial charge >= 0.3 is 0 Å². The first-order valence-corrected chi connectivity index (χ1v) is 6.96. The first-order valence-electron chi connectivity index (χ1n) is 5.24. The minimum Gasteiger partial charge on any atom is -0.392 e. The maximum atomic E-state index is 10.9. The number of unbranched alkanes of at least 4 members (excludes halogenated alkanes) is 2. The quantitative estimate of drug-likeness (QED) is 0.639. The summed E-state index contributed by atoms with van der Waals surface area (Å²) in [6.45, 7) is 2.19. The van der Waals surface area contributed by atoms with Crippen molar-refractivity contribution in [3.05, 3.63) is 0 Å². The zero-order valence-electron chi connectivity index (χ0n) is 8.99. The molecule has 1 aliphatic heterocycles. The lowest BCUT2D eigenvalue weighted by atomic mass is 10.1. The summed E-state index contributed by atoms with van der Waals surface area (Å²) in [6.07, 6.45) is 7.61. The first-order chi connectivity index (χ1) is 6.72. The van der Waals surface area contributed by atoms with E-state index in [0.717, 1.165) is 18.6 Å². The first kappa shape index (κ1) is 11.7. The highest BCUT2D eigenvalue weighted by atomic mass is 32.2. The molecule has 0 amide bonds. The Labute approximate surface area is 88.4 Å². The molecule has 0 N–H and O–H groups in total. The Kier molecular flexibility index (Phi) is 5.15. The molecule has 0 saturated carbocycles. The van der Waals surface area contributed by atoms with Gasteiger partial charge in [-0.1, -0.05) is 24.9 Å². The molecular formula is C10H19NO2S. The van der Waals surface area contributed by atoms with E-state index in [4.69, 9.17) is 4.84 Å². The van der Waals surface area contributed by atoms with E-state index in [1.807, 2.05) is 0 Å². The van der Waals surface area contributed by atoms with Crippen molar-refractivity contribution in [1.29, 1.82) is 0 Å². The summed E-state index contributed by atoms with van der Waals surface area (Å²) in [5.74, 6) is 0.574. The fraction of sp³-hybridized carbons (Fsp3) is 0.900. The SMILES string of the molecule is CCCCCC1CC(CS(C)=O)=NO1. The van der Waals surface area contributed by atoms with Gasteiger partial charge in [0.25, 0.3) is 0 Å². The third kappa shape index (κ3) is 4.22. The standard InChI is InChI=1S/C10H19NO2S/c1-3-4-5-6-10-7-9(11-13-10)8-14(2)12/h10H,3-8H2,1-2H3. The Morgan fingerprint density at radius 2 is 2.36 bits per heavy atom. The van der Waals surface area contributed by atoms with E-state index >= 15 is 0 Å². The minimum absolute atomic E-state index is 0.250. The van der Waals surface area contributed by atoms with Crippen molar-refractivity contribution in [1.82, 2.24) is 0 Å². The zero-order valence-corrected chi connectivity index (χ0v) is 9.81. The monoisotopic (exact) mass is 217 g/mol. The molecule has 0 aliphatic carbocycles. The average molecular weight is 217 g/mol. The van der Waals surface area contributed by atoms with E-state index in [1.54, 1.807) is 6.26 Å². The zero-order chi connectivity index (χ0) is 10.4. The number of hydrogen-bond acceptors (Lipinski definition) is 3. The fourth-order valence-electron chi connectivity index (χ4n) is 1.58. The van der Waals surface area contributed by atoms with E-state index in [0.29, 0.717) is 5.75 Å². The summed E-state index contributed by atoms with van der Waals surface area (Å²) in [5.41, 5.74) is 0.965. The van der Waals surface area contributed by atoms with Crippen LogP contribution in [0, 0.1) is 0 Å². The van der Waals surface area contributed by atoms with Gasteiger partial charge in [0, 0.05) is 23.5 Å². The molecule has 4 heteroatoms. The molecule has 1 aliphatic rings. The van der Waals surface area contributed by atoms with Crippen LogP contribution in [0.5, 0.6) is 0 Å². The highest BCUT2D eigenvalue weighted by Crippen LogP contribution is 2.17. The van der Waals surface area contributed by atoms with E-state index in [9.17, 15) is 4.21 Å². The lowest BCUT2D eigenvalue weighted by Gasteiger charge is -2.06. The van der Waals surface area contributed by atoms with Crippen LogP contribution in [0.3, 0.4) is 0 Å². The molecule has 1 rings (SSSR count). The molecule has 82 valence electrons. The average Bonchev–Trinajstić information content (AvgIpc) is 2.52. The molecule has 0 aromatic carbocycles. The van der Waals surface area contributed by atoms with Crippen LogP contribution in [0.25, 0.3) is 0 Å². The van der Waals surface area contributed by atoms with Crippen LogP contribution in [-0.4, -0.2) is 28.0 Å². The molecule has 0 spiro atoms. The Morgan fingerprint density at radius 1 is 1.57 bits per heavy atom. The highest BCUT2D eigenvalue weighted by molar-refractivity contribution is 7.85. The van der Waals surface area contributed by atoms with Gasteiger partial charge in [-0.15, -0.1) is 0 Å². The summed E-state index contributed by atoms with van der Waals surface area (Å²) in [6, 6.07) is 0. The Morgan fingerprint density at radius 3 is 3.00 bits per heavy atom. The van der Waals surface area contributed by atoms with Crippen LogP contribution in [-0.2, 0) is 15.6 Å². The molecule has 0 fully saturated rings. The fourth-order valence-corrected chi connectivity index (χ4v) is 2.22. The van der Waals surface area contributed by atoms with E-state index in [2.05, 4.69) is 12.1 Å². The summed E-state index contributed by atoms with van der Waals surface area (Å²) < 4.78 is 10.9. The summed E-state index contributed by atoms with van der Waals surface area (Å²) in [4.78, 5) is 5.27. The van der Waals surface area contributed by atoms with E-state index in [1.165, 1.54) is 19.3 Å². The van der Waals surface area contributed by atoms with Gasteiger partial charge in [0.15, 0.2) is 0 Å².